The summed E-state index contributed by atoms with van der Waals surface area (Å²) in [5, 5.41) is 2.63. The number of carbonyl (C=O) groups is 1. The molecule has 0 unspecified atom stereocenters. The van der Waals surface area contributed by atoms with Crippen molar-refractivity contribution in [3.8, 4) is 0 Å². The van der Waals surface area contributed by atoms with Gasteiger partial charge in [0.1, 0.15) is 0 Å². The van der Waals surface area contributed by atoms with Crippen LogP contribution in [0.4, 0.5) is 11.4 Å². The summed E-state index contributed by atoms with van der Waals surface area (Å²) in [7, 11) is -4.13. The molecule has 0 saturated heterocycles. The van der Waals surface area contributed by atoms with Gasteiger partial charge in [0.2, 0.25) is 5.91 Å². The molecule has 8 nitrogen and oxygen atoms in total. The molecule has 3 aromatic rings. The Hall–Kier alpha value is -3.07. The Kier molecular flexibility index (Phi) is 2.85. The first-order valence-electron chi connectivity index (χ1n) is 7.05. The number of nitrogens with zero attached hydrogens (tertiary/aromatic N) is 1. The first kappa shape index (κ1) is 14.5. The second kappa shape index (κ2) is 4.71. The van der Waals surface area contributed by atoms with Crippen LogP contribution in [0.5, 0.6) is 0 Å². The fourth-order valence-electron chi connectivity index (χ4n) is 2.81. The van der Waals surface area contributed by atoms with Crippen molar-refractivity contribution in [3.63, 3.8) is 0 Å². The van der Waals surface area contributed by atoms with Crippen molar-refractivity contribution in [2.24, 2.45) is 0 Å². The molecule has 0 radical (unpaired) electrons. The zero-order valence-electron chi connectivity index (χ0n) is 12.2. The van der Waals surface area contributed by atoms with Gasteiger partial charge < -0.3 is 16.0 Å². The third kappa shape index (κ3) is 2.02. The van der Waals surface area contributed by atoms with Crippen LogP contribution in [0, 0.1) is 0 Å². The average Bonchev–Trinajstić information content (AvgIpc) is 3.04. The zero-order chi connectivity index (χ0) is 17.1. The van der Waals surface area contributed by atoms with Crippen molar-refractivity contribution in [1.82, 2.24) is 8.96 Å². The van der Waals surface area contributed by atoms with Crippen LogP contribution in [0.3, 0.4) is 0 Å². The monoisotopic (exact) mass is 344 g/mol. The van der Waals surface area contributed by atoms with Crippen LogP contribution in [0.2, 0.25) is 0 Å². The van der Waals surface area contributed by atoms with Crippen molar-refractivity contribution < 1.29 is 13.2 Å². The maximum atomic E-state index is 12.9. The minimum Gasteiger partial charge on any atom is -0.399 e. The Morgan fingerprint density at radius 3 is 2.67 bits per heavy atom. The molecule has 0 spiro atoms. The summed E-state index contributed by atoms with van der Waals surface area (Å²) in [6.45, 7) is 0. The van der Waals surface area contributed by atoms with Gasteiger partial charge in [-0.1, -0.05) is 0 Å². The summed E-state index contributed by atoms with van der Waals surface area (Å²) >= 11 is 0. The molecule has 1 aliphatic heterocycles. The predicted molar refractivity (Wildman–Crippen MR) is 88.3 cm³/mol. The highest BCUT2D eigenvalue weighted by Crippen LogP contribution is 2.27. The molecule has 4 N–H and O–H groups in total. The number of aromatic amines is 1. The lowest BCUT2D eigenvalue weighted by atomic mass is 10.2. The average molecular weight is 344 g/mol. The maximum absolute atomic E-state index is 12.9. The number of nitrogen functional groups attached to an aromatic ring is 1. The Labute approximate surface area is 136 Å². The number of nitrogens with two attached hydrogens (primary N) is 1. The number of anilines is 2. The van der Waals surface area contributed by atoms with Gasteiger partial charge in [-0.3, -0.25) is 4.79 Å². The molecular weight excluding hydrogens is 332 g/mol. The van der Waals surface area contributed by atoms with Crippen LogP contribution < -0.4 is 16.7 Å². The number of benzene rings is 2. The molecule has 1 aliphatic rings. The van der Waals surface area contributed by atoms with E-state index in [-0.39, 0.29) is 22.7 Å². The maximum Gasteiger partial charge on any atom is 0.340 e. The smallest absolute Gasteiger partial charge is 0.340 e. The van der Waals surface area contributed by atoms with E-state index < -0.39 is 15.7 Å². The molecule has 24 heavy (non-hydrogen) atoms. The Morgan fingerprint density at radius 1 is 1.08 bits per heavy atom. The number of H-pyrrole nitrogens is 1. The lowest BCUT2D eigenvalue weighted by Gasteiger charge is -2.08. The van der Waals surface area contributed by atoms with Crippen LogP contribution >= 0.6 is 0 Å². The predicted octanol–water partition coefficient (Wildman–Crippen LogP) is 0.643. The van der Waals surface area contributed by atoms with Gasteiger partial charge in [0.25, 0.3) is 10.0 Å². The first-order valence-corrected chi connectivity index (χ1v) is 8.49. The van der Waals surface area contributed by atoms with Crippen molar-refractivity contribution in [2.75, 3.05) is 11.1 Å². The number of imidazole rings is 1. The second-order valence-corrected chi connectivity index (χ2v) is 7.31. The number of nitrogens with one attached hydrogen (secondary N) is 2. The first-order chi connectivity index (χ1) is 11.4. The highest BCUT2D eigenvalue weighted by Gasteiger charge is 2.26. The summed E-state index contributed by atoms with van der Waals surface area (Å²) in [4.78, 5) is 26.0. The Bertz CT molecular complexity index is 1170. The van der Waals surface area contributed by atoms with Gasteiger partial charge in [-0.05, 0) is 42.0 Å². The summed E-state index contributed by atoms with van der Waals surface area (Å²) in [5.74, 6) is -0.198. The molecule has 2 aromatic carbocycles. The van der Waals surface area contributed by atoms with Gasteiger partial charge in [-0.25, -0.2) is 13.2 Å². The molecule has 0 bridgehead atoms. The fourth-order valence-corrected chi connectivity index (χ4v) is 4.22. The molecular formula is C15H12N4O4S. The second-order valence-electron chi connectivity index (χ2n) is 5.52. The van der Waals surface area contributed by atoms with Gasteiger partial charge in [-0.2, -0.15) is 3.97 Å². The molecule has 0 saturated carbocycles. The quantitative estimate of drug-likeness (QED) is 0.588. The van der Waals surface area contributed by atoms with Crippen LogP contribution in [0.25, 0.3) is 11.0 Å². The van der Waals surface area contributed by atoms with E-state index >= 15 is 0 Å². The van der Waals surface area contributed by atoms with E-state index in [1.165, 1.54) is 24.3 Å². The van der Waals surface area contributed by atoms with Crippen molar-refractivity contribution in [1.29, 1.82) is 0 Å². The third-order valence-electron chi connectivity index (χ3n) is 3.91. The van der Waals surface area contributed by atoms with Gasteiger partial charge in [0.05, 0.1) is 22.3 Å². The summed E-state index contributed by atoms with van der Waals surface area (Å²) in [6.07, 6.45) is 0.106. The Balaban J connectivity index is 1.95. The number of carbonyl (C=O) groups excluding carboxylic acids is 1. The molecule has 2 heterocycles. The molecule has 1 amide bonds. The summed E-state index contributed by atoms with van der Waals surface area (Å²) in [5.41, 5.74) is 6.97. The highest BCUT2D eigenvalue weighted by molar-refractivity contribution is 7.90. The van der Waals surface area contributed by atoms with Crippen LogP contribution in [-0.2, 0) is 21.2 Å². The lowest BCUT2D eigenvalue weighted by molar-refractivity contribution is -0.115. The van der Waals surface area contributed by atoms with Crippen LogP contribution in [0.15, 0.2) is 46.1 Å². The summed E-state index contributed by atoms with van der Waals surface area (Å²) in [6, 6.07) is 8.81. The highest BCUT2D eigenvalue weighted by atomic mass is 32.2. The Morgan fingerprint density at radius 2 is 1.88 bits per heavy atom. The van der Waals surface area contributed by atoms with E-state index in [2.05, 4.69) is 10.3 Å². The molecule has 1 aromatic heterocycles. The van der Waals surface area contributed by atoms with Crippen molar-refractivity contribution >= 4 is 38.3 Å². The number of rotatable bonds is 2. The lowest BCUT2D eigenvalue weighted by Crippen LogP contribution is -2.25. The summed E-state index contributed by atoms with van der Waals surface area (Å²) < 4.78 is 26.5. The van der Waals surface area contributed by atoms with Gasteiger partial charge in [-0.15, -0.1) is 0 Å². The van der Waals surface area contributed by atoms with Crippen LogP contribution in [-0.4, -0.2) is 23.3 Å². The van der Waals surface area contributed by atoms with E-state index in [1.807, 2.05) is 0 Å². The molecule has 122 valence electrons. The van der Waals surface area contributed by atoms with Crippen molar-refractivity contribution in [2.45, 2.75) is 11.3 Å². The molecule has 0 fully saturated rings. The van der Waals surface area contributed by atoms with Crippen molar-refractivity contribution in [3.05, 3.63) is 52.4 Å². The van der Waals surface area contributed by atoms with Gasteiger partial charge >= 0.3 is 5.69 Å². The molecule has 0 atom stereocenters. The van der Waals surface area contributed by atoms with Crippen LogP contribution in [0.1, 0.15) is 5.56 Å². The minimum absolute atomic E-state index is 0.0665. The normalized spacial score (nSPS) is 13.9. The third-order valence-corrected chi connectivity index (χ3v) is 5.60. The number of hydrogen-bond donors (Lipinski definition) is 3. The van der Waals surface area contributed by atoms with E-state index in [1.54, 1.807) is 12.1 Å². The number of fused-ring (bicyclic) bond motifs is 2. The van der Waals surface area contributed by atoms with E-state index in [4.69, 9.17) is 5.73 Å². The number of amides is 1. The van der Waals surface area contributed by atoms with Gasteiger partial charge in [0.15, 0.2) is 0 Å². The SMILES string of the molecule is Nc1ccc2[nH]c(=O)n(S(=O)(=O)c3ccc4c(c3)CC(=O)N4)c2c1. The van der Waals surface area contributed by atoms with E-state index in [0.29, 0.717) is 26.4 Å². The van der Waals surface area contributed by atoms with E-state index in [9.17, 15) is 18.0 Å². The topological polar surface area (TPSA) is 127 Å². The molecule has 0 aliphatic carbocycles. The zero-order valence-corrected chi connectivity index (χ0v) is 13.1. The standard InChI is InChI=1S/C15H12N4O4S/c16-9-1-3-12-13(7-9)19(15(21)18-12)24(22,23)10-2-4-11-8(5-10)6-14(20)17-11/h1-5,7H,6,16H2,(H,17,20)(H,18,21). The molecule has 9 heteroatoms. The molecule has 4 rings (SSSR count). The number of aromatic nitrogens is 2. The van der Waals surface area contributed by atoms with E-state index in [0.717, 1.165) is 0 Å². The fraction of sp³-hybridized carbons (Fsp3) is 0.0667. The number of hydrogen-bond acceptors (Lipinski definition) is 5. The van der Waals surface area contributed by atoms with Gasteiger partial charge in [0, 0.05) is 11.4 Å². The minimum atomic E-state index is -4.13. The largest absolute Gasteiger partial charge is 0.399 e.